The van der Waals surface area contributed by atoms with E-state index in [1.807, 2.05) is 12.1 Å². The average Bonchev–Trinajstić information content (AvgIpc) is 3.25. The van der Waals surface area contributed by atoms with Gasteiger partial charge in [-0.1, -0.05) is 24.3 Å². The van der Waals surface area contributed by atoms with Gasteiger partial charge >= 0.3 is 0 Å². The molecule has 0 bridgehead atoms. The van der Waals surface area contributed by atoms with Crippen molar-refractivity contribution in [3.05, 3.63) is 73.2 Å². The van der Waals surface area contributed by atoms with Gasteiger partial charge in [0.1, 0.15) is 11.2 Å². The molecular weight excluding hydrogens is 296 g/mol. The lowest BCUT2D eigenvalue weighted by Gasteiger charge is -2.08. The monoisotopic (exact) mass is 308 g/mol. The largest absolute Gasteiger partial charge is 0.464 e. The summed E-state index contributed by atoms with van der Waals surface area (Å²) < 4.78 is 11.2. The van der Waals surface area contributed by atoms with E-state index in [2.05, 4.69) is 48.5 Å². The molecule has 0 N–H and O–H groups in total. The van der Waals surface area contributed by atoms with Crippen LogP contribution in [0, 0.1) is 0 Å². The molecule has 2 heteroatoms. The Labute approximate surface area is 136 Å². The molecule has 0 atom stereocenters. The predicted octanol–water partition coefficient (Wildman–Crippen LogP) is 6.64. The molecule has 0 saturated heterocycles. The fourth-order valence-electron chi connectivity index (χ4n) is 3.79. The third kappa shape index (κ3) is 1.50. The number of hydrogen-bond donors (Lipinski definition) is 0. The average molecular weight is 308 g/mol. The maximum absolute atomic E-state index is 5.59. The summed E-state index contributed by atoms with van der Waals surface area (Å²) in [7, 11) is 0. The molecule has 0 unspecified atom stereocenters. The lowest BCUT2D eigenvalue weighted by molar-refractivity contribution is 0.616. The van der Waals surface area contributed by atoms with E-state index in [1.165, 1.54) is 32.3 Å². The van der Waals surface area contributed by atoms with Crippen LogP contribution in [0.3, 0.4) is 0 Å². The Kier molecular flexibility index (Phi) is 2.12. The number of fused-ring (bicyclic) bond motifs is 7. The van der Waals surface area contributed by atoms with Gasteiger partial charge in [0.25, 0.3) is 0 Å². The zero-order valence-corrected chi connectivity index (χ0v) is 12.7. The topological polar surface area (TPSA) is 26.3 Å². The molecular formula is C22H12O2. The van der Waals surface area contributed by atoms with Crippen molar-refractivity contribution in [3.63, 3.8) is 0 Å². The molecule has 0 saturated carbocycles. The number of hydrogen-bond acceptors (Lipinski definition) is 2. The maximum atomic E-state index is 5.59. The second-order valence-electron chi connectivity index (χ2n) is 6.29. The third-order valence-electron chi connectivity index (χ3n) is 4.98. The Morgan fingerprint density at radius 2 is 0.917 bits per heavy atom. The van der Waals surface area contributed by atoms with Crippen molar-refractivity contribution < 1.29 is 8.83 Å². The van der Waals surface area contributed by atoms with Crippen LogP contribution in [-0.4, -0.2) is 0 Å². The van der Waals surface area contributed by atoms with E-state index in [4.69, 9.17) is 8.83 Å². The van der Waals surface area contributed by atoms with Gasteiger partial charge in [-0.25, -0.2) is 0 Å². The quantitative estimate of drug-likeness (QED) is 0.294. The normalized spacial score (nSPS) is 12.2. The summed E-state index contributed by atoms with van der Waals surface area (Å²) in [5, 5.41) is 9.66. The molecule has 2 heterocycles. The van der Waals surface area contributed by atoms with Crippen LogP contribution in [0.4, 0.5) is 0 Å². The van der Waals surface area contributed by atoms with Gasteiger partial charge in [0.15, 0.2) is 0 Å². The molecule has 0 fully saturated rings. The summed E-state index contributed by atoms with van der Waals surface area (Å²) in [4.78, 5) is 0. The molecule has 0 aliphatic carbocycles. The summed E-state index contributed by atoms with van der Waals surface area (Å²) in [6.45, 7) is 0. The fraction of sp³-hybridized carbons (Fsp3) is 0. The van der Waals surface area contributed by atoms with E-state index in [-0.39, 0.29) is 0 Å². The van der Waals surface area contributed by atoms with Crippen molar-refractivity contribution in [2.45, 2.75) is 0 Å². The Hall–Kier alpha value is -3.26. The SMILES string of the molecule is c1cc2cc3ccc4c5cc6occc6cc5ccc4c3cc2o1. The van der Waals surface area contributed by atoms with E-state index in [9.17, 15) is 0 Å². The molecule has 0 spiro atoms. The molecule has 6 aromatic rings. The Morgan fingerprint density at radius 1 is 0.417 bits per heavy atom. The minimum absolute atomic E-state index is 0.927. The highest BCUT2D eigenvalue weighted by molar-refractivity contribution is 6.20. The van der Waals surface area contributed by atoms with Crippen LogP contribution in [0.2, 0.25) is 0 Å². The molecule has 2 nitrogen and oxygen atoms in total. The van der Waals surface area contributed by atoms with E-state index in [1.54, 1.807) is 12.5 Å². The highest BCUT2D eigenvalue weighted by Gasteiger charge is 2.09. The molecule has 112 valence electrons. The van der Waals surface area contributed by atoms with Gasteiger partial charge in [-0.15, -0.1) is 0 Å². The molecule has 24 heavy (non-hydrogen) atoms. The third-order valence-corrected chi connectivity index (χ3v) is 4.98. The van der Waals surface area contributed by atoms with Gasteiger partial charge in [-0.2, -0.15) is 0 Å². The molecule has 2 aromatic heterocycles. The number of benzene rings is 4. The van der Waals surface area contributed by atoms with Gasteiger partial charge in [-0.3, -0.25) is 0 Å². The maximum Gasteiger partial charge on any atom is 0.134 e. The van der Waals surface area contributed by atoms with Crippen LogP contribution in [0.5, 0.6) is 0 Å². The van der Waals surface area contributed by atoms with Crippen LogP contribution in [0.15, 0.2) is 82.0 Å². The van der Waals surface area contributed by atoms with Crippen molar-refractivity contribution in [1.29, 1.82) is 0 Å². The predicted molar refractivity (Wildman–Crippen MR) is 98.5 cm³/mol. The summed E-state index contributed by atoms with van der Waals surface area (Å²) in [5.41, 5.74) is 1.85. The van der Waals surface area contributed by atoms with Crippen LogP contribution in [0.25, 0.3) is 54.3 Å². The van der Waals surface area contributed by atoms with Gasteiger partial charge in [0.2, 0.25) is 0 Å². The first-order chi connectivity index (χ1) is 11.9. The van der Waals surface area contributed by atoms with Crippen molar-refractivity contribution >= 4 is 54.3 Å². The zero-order chi connectivity index (χ0) is 15.7. The summed E-state index contributed by atoms with van der Waals surface area (Å²) >= 11 is 0. The standard InChI is InChI=1S/C22H12O2/c1-3-17-18(19-11-21-15(5-7-23-21)9-13(1)19)4-2-14-10-16-6-8-24-22(16)12-20(14)17/h1-12H. The summed E-state index contributed by atoms with van der Waals surface area (Å²) in [6.07, 6.45) is 3.49. The Balaban J connectivity index is 1.84. The summed E-state index contributed by atoms with van der Waals surface area (Å²) in [5.74, 6) is 0. The first-order valence-corrected chi connectivity index (χ1v) is 8.00. The van der Waals surface area contributed by atoms with E-state index < -0.39 is 0 Å². The summed E-state index contributed by atoms with van der Waals surface area (Å²) in [6, 6.07) is 21.5. The van der Waals surface area contributed by atoms with Crippen LogP contribution in [0.1, 0.15) is 0 Å². The molecule has 0 amide bonds. The molecule has 0 aliphatic rings. The highest BCUT2D eigenvalue weighted by atomic mass is 16.3. The Bertz CT molecular complexity index is 1290. The first-order valence-electron chi connectivity index (χ1n) is 8.00. The molecule has 6 rings (SSSR count). The van der Waals surface area contributed by atoms with Gasteiger partial charge in [0.05, 0.1) is 12.5 Å². The molecule has 4 aromatic carbocycles. The minimum Gasteiger partial charge on any atom is -0.464 e. The number of rotatable bonds is 0. The second-order valence-corrected chi connectivity index (χ2v) is 6.29. The van der Waals surface area contributed by atoms with Crippen molar-refractivity contribution in [2.24, 2.45) is 0 Å². The molecule has 0 aliphatic heterocycles. The smallest absolute Gasteiger partial charge is 0.134 e. The zero-order valence-electron chi connectivity index (χ0n) is 12.7. The van der Waals surface area contributed by atoms with E-state index in [0.717, 1.165) is 21.9 Å². The van der Waals surface area contributed by atoms with Gasteiger partial charge in [-0.05, 0) is 68.7 Å². The lowest BCUT2D eigenvalue weighted by atomic mass is 9.96. The molecule has 0 radical (unpaired) electrons. The second kappa shape index (κ2) is 4.18. The van der Waals surface area contributed by atoms with Crippen LogP contribution >= 0.6 is 0 Å². The minimum atomic E-state index is 0.927. The van der Waals surface area contributed by atoms with Crippen LogP contribution in [-0.2, 0) is 0 Å². The van der Waals surface area contributed by atoms with Crippen molar-refractivity contribution in [2.75, 3.05) is 0 Å². The van der Waals surface area contributed by atoms with E-state index >= 15 is 0 Å². The van der Waals surface area contributed by atoms with Gasteiger partial charge in [0, 0.05) is 10.8 Å². The fourth-order valence-corrected chi connectivity index (χ4v) is 3.79. The van der Waals surface area contributed by atoms with Crippen LogP contribution < -0.4 is 0 Å². The van der Waals surface area contributed by atoms with Crippen molar-refractivity contribution in [3.8, 4) is 0 Å². The van der Waals surface area contributed by atoms with E-state index in [0.29, 0.717) is 0 Å². The number of furan rings is 2. The lowest BCUT2D eigenvalue weighted by Crippen LogP contribution is -1.81. The highest BCUT2D eigenvalue weighted by Crippen LogP contribution is 2.35. The first kappa shape index (κ1) is 12.2. The van der Waals surface area contributed by atoms with Gasteiger partial charge < -0.3 is 8.83 Å². The Morgan fingerprint density at radius 3 is 1.42 bits per heavy atom. The van der Waals surface area contributed by atoms with Crippen molar-refractivity contribution in [1.82, 2.24) is 0 Å².